The fourth-order valence-corrected chi connectivity index (χ4v) is 2.80. The van der Waals surface area contributed by atoms with Crippen molar-refractivity contribution in [1.29, 1.82) is 0 Å². The Morgan fingerprint density at radius 3 is 2.62 bits per heavy atom. The number of nitrogens with zero attached hydrogens (tertiary/aromatic N) is 3. The first-order chi connectivity index (χ1) is 10.4. The van der Waals surface area contributed by atoms with Gasteiger partial charge >= 0.3 is 0 Å². The van der Waals surface area contributed by atoms with Gasteiger partial charge in [-0.3, -0.25) is 0 Å². The summed E-state index contributed by atoms with van der Waals surface area (Å²) in [5, 5.41) is 4.47. The van der Waals surface area contributed by atoms with E-state index in [1.807, 2.05) is 12.1 Å². The maximum absolute atomic E-state index is 4.37. The van der Waals surface area contributed by atoms with Crippen LogP contribution >= 0.6 is 0 Å². The highest BCUT2D eigenvalue weighted by Gasteiger charge is 2.43. The van der Waals surface area contributed by atoms with E-state index in [9.17, 15) is 0 Å². The van der Waals surface area contributed by atoms with Gasteiger partial charge in [0.05, 0.1) is 5.39 Å². The number of anilines is 1. The van der Waals surface area contributed by atoms with Gasteiger partial charge in [0.25, 0.3) is 0 Å². The number of rotatable bonds is 4. The lowest BCUT2D eigenvalue weighted by Crippen LogP contribution is -2.20. The molecule has 0 radical (unpaired) electrons. The topological polar surface area (TPSA) is 50.7 Å². The Bertz CT molecular complexity index is 761. The minimum atomic E-state index is 0.265. The van der Waals surface area contributed by atoms with Crippen LogP contribution in [-0.4, -0.2) is 21.5 Å². The molecule has 0 unspecified atom stereocenters. The molecule has 2 heterocycles. The average molecular weight is 276 g/mol. The molecule has 1 fully saturated rings. The van der Waals surface area contributed by atoms with Gasteiger partial charge in [-0.1, -0.05) is 30.3 Å². The molecule has 0 aliphatic heterocycles. The second-order valence-electron chi connectivity index (χ2n) is 5.60. The Balaban J connectivity index is 1.59. The molecular weight excluding hydrogens is 260 g/mol. The zero-order valence-corrected chi connectivity index (χ0v) is 11.7. The second kappa shape index (κ2) is 4.81. The van der Waals surface area contributed by atoms with Crippen molar-refractivity contribution in [3.05, 3.63) is 60.6 Å². The highest BCUT2D eigenvalue weighted by atomic mass is 15.0. The molecule has 1 saturated carbocycles. The van der Waals surface area contributed by atoms with E-state index >= 15 is 0 Å². The molecule has 0 saturated heterocycles. The molecule has 2 aromatic heterocycles. The molecule has 0 spiro atoms. The summed E-state index contributed by atoms with van der Waals surface area (Å²) in [5.41, 5.74) is 2.41. The van der Waals surface area contributed by atoms with E-state index in [1.54, 1.807) is 12.5 Å². The summed E-state index contributed by atoms with van der Waals surface area (Å²) in [6.45, 7) is 0.901. The molecule has 3 aromatic rings. The molecule has 1 aliphatic rings. The van der Waals surface area contributed by atoms with E-state index in [0.29, 0.717) is 0 Å². The zero-order chi connectivity index (χ0) is 14.1. The Hall–Kier alpha value is -2.49. The molecule has 4 heteroatoms. The second-order valence-corrected chi connectivity index (χ2v) is 5.60. The van der Waals surface area contributed by atoms with E-state index in [1.165, 1.54) is 18.4 Å². The third kappa shape index (κ3) is 2.23. The minimum absolute atomic E-state index is 0.265. The van der Waals surface area contributed by atoms with Gasteiger partial charge in [0, 0.05) is 18.2 Å². The third-order valence-electron chi connectivity index (χ3n) is 4.24. The summed E-state index contributed by atoms with van der Waals surface area (Å²) in [6, 6.07) is 14.6. The van der Waals surface area contributed by atoms with E-state index in [4.69, 9.17) is 0 Å². The summed E-state index contributed by atoms with van der Waals surface area (Å²) in [7, 11) is 0. The van der Waals surface area contributed by atoms with Gasteiger partial charge in [-0.15, -0.1) is 0 Å². The van der Waals surface area contributed by atoms with E-state index < -0.39 is 0 Å². The van der Waals surface area contributed by atoms with Crippen molar-refractivity contribution < 1.29 is 0 Å². The van der Waals surface area contributed by atoms with Crippen LogP contribution in [-0.2, 0) is 5.41 Å². The van der Waals surface area contributed by atoms with Gasteiger partial charge in [-0.25, -0.2) is 15.0 Å². The molecule has 4 nitrogen and oxygen atoms in total. The first kappa shape index (κ1) is 12.3. The monoisotopic (exact) mass is 276 g/mol. The van der Waals surface area contributed by atoms with Crippen LogP contribution in [0.3, 0.4) is 0 Å². The molecular formula is C17H16N4. The average Bonchev–Trinajstić information content (AvgIpc) is 3.35. The number of hydrogen-bond donors (Lipinski definition) is 1. The number of nitrogens with one attached hydrogen (secondary N) is 1. The van der Waals surface area contributed by atoms with Gasteiger partial charge in [0.15, 0.2) is 5.65 Å². The van der Waals surface area contributed by atoms with Crippen LogP contribution in [0.4, 0.5) is 5.82 Å². The lowest BCUT2D eigenvalue weighted by Gasteiger charge is -2.17. The normalized spacial score (nSPS) is 15.8. The lowest BCUT2D eigenvalue weighted by atomic mass is 9.96. The summed E-state index contributed by atoms with van der Waals surface area (Å²) >= 11 is 0. The zero-order valence-electron chi connectivity index (χ0n) is 11.7. The van der Waals surface area contributed by atoms with Gasteiger partial charge < -0.3 is 5.32 Å². The number of hydrogen-bond acceptors (Lipinski definition) is 4. The lowest BCUT2D eigenvalue weighted by molar-refractivity contribution is 0.730. The van der Waals surface area contributed by atoms with Crippen molar-refractivity contribution in [3.8, 4) is 0 Å². The Labute approximate surface area is 123 Å². The molecule has 1 aromatic carbocycles. The predicted octanol–water partition coefficient (Wildman–Crippen LogP) is 3.17. The van der Waals surface area contributed by atoms with Gasteiger partial charge in [-0.05, 0) is 30.5 Å². The molecule has 0 atom stereocenters. The summed E-state index contributed by atoms with van der Waals surface area (Å²) < 4.78 is 0. The van der Waals surface area contributed by atoms with Crippen LogP contribution in [0.25, 0.3) is 11.0 Å². The quantitative estimate of drug-likeness (QED) is 0.795. The van der Waals surface area contributed by atoms with Crippen molar-refractivity contribution in [2.45, 2.75) is 18.3 Å². The minimum Gasteiger partial charge on any atom is -0.369 e. The number of aromatic nitrogens is 3. The van der Waals surface area contributed by atoms with Crippen LogP contribution in [0.5, 0.6) is 0 Å². The molecule has 1 aliphatic carbocycles. The first-order valence-electron chi connectivity index (χ1n) is 7.23. The molecule has 0 bridgehead atoms. The van der Waals surface area contributed by atoms with Crippen LogP contribution in [0.2, 0.25) is 0 Å². The van der Waals surface area contributed by atoms with Crippen molar-refractivity contribution in [2.24, 2.45) is 0 Å². The Kier molecular flexibility index (Phi) is 2.81. The van der Waals surface area contributed by atoms with Crippen LogP contribution in [0.15, 0.2) is 55.0 Å². The smallest absolute Gasteiger partial charge is 0.164 e. The largest absolute Gasteiger partial charge is 0.369 e. The highest BCUT2D eigenvalue weighted by Crippen LogP contribution is 2.48. The molecule has 0 amide bonds. The van der Waals surface area contributed by atoms with Crippen LogP contribution in [0.1, 0.15) is 18.4 Å². The van der Waals surface area contributed by atoms with E-state index in [-0.39, 0.29) is 5.41 Å². The molecule has 1 N–H and O–H groups in total. The summed E-state index contributed by atoms with van der Waals surface area (Å²) in [4.78, 5) is 12.8. The summed E-state index contributed by atoms with van der Waals surface area (Å²) in [6.07, 6.45) is 5.78. The van der Waals surface area contributed by atoms with Crippen molar-refractivity contribution in [2.75, 3.05) is 11.9 Å². The molecule has 4 rings (SSSR count). The first-order valence-corrected chi connectivity index (χ1v) is 7.23. The highest BCUT2D eigenvalue weighted by molar-refractivity contribution is 5.85. The van der Waals surface area contributed by atoms with Gasteiger partial charge in [0.2, 0.25) is 0 Å². The van der Waals surface area contributed by atoms with Gasteiger partial charge in [0.1, 0.15) is 12.1 Å². The fraction of sp³-hybridized carbons (Fsp3) is 0.235. The Morgan fingerprint density at radius 2 is 1.81 bits per heavy atom. The fourth-order valence-electron chi connectivity index (χ4n) is 2.80. The SMILES string of the molecule is c1ccc(C2(CNc3ncnc4ncccc34)CC2)cc1. The molecule has 104 valence electrons. The maximum Gasteiger partial charge on any atom is 0.164 e. The van der Waals surface area contributed by atoms with E-state index in [0.717, 1.165) is 23.4 Å². The van der Waals surface area contributed by atoms with Crippen molar-refractivity contribution in [1.82, 2.24) is 15.0 Å². The molecule has 21 heavy (non-hydrogen) atoms. The van der Waals surface area contributed by atoms with E-state index in [2.05, 4.69) is 50.6 Å². The van der Waals surface area contributed by atoms with Crippen molar-refractivity contribution >= 4 is 16.9 Å². The van der Waals surface area contributed by atoms with Gasteiger partial charge in [-0.2, -0.15) is 0 Å². The van der Waals surface area contributed by atoms with Crippen LogP contribution in [0, 0.1) is 0 Å². The van der Waals surface area contributed by atoms with Crippen LogP contribution < -0.4 is 5.32 Å². The number of fused-ring (bicyclic) bond motifs is 1. The Morgan fingerprint density at radius 1 is 0.952 bits per heavy atom. The number of pyridine rings is 1. The van der Waals surface area contributed by atoms with Crippen molar-refractivity contribution in [3.63, 3.8) is 0 Å². The summed E-state index contributed by atoms with van der Waals surface area (Å²) in [5.74, 6) is 0.871. The maximum atomic E-state index is 4.37. The standard InChI is InChI=1S/C17H16N4/c1-2-5-13(6-3-1)17(8-9-17)11-19-16-14-7-4-10-18-15(14)20-12-21-16/h1-7,10,12H,8-9,11H2,(H,18,19,20,21). The predicted molar refractivity (Wildman–Crippen MR) is 83.2 cm³/mol. The third-order valence-corrected chi connectivity index (χ3v) is 4.24. The number of benzene rings is 1.